The largest absolute Gasteiger partial charge is 0.456 e. The van der Waals surface area contributed by atoms with Crippen LogP contribution in [0.1, 0.15) is 17.7 Å². The molecule has 0 unspecified atom stereocenters. The molecule has 0 saturated heterocycles. The van der Waals surface area contributed by atoms with Gasteiger partial charge >= 0.3 is 0 Å². The monoisotopic (exact) mass is 776 g/mol. The van der Waals surface area contributed by atoms with Gasteiger partial charge < -0.3 is 8.83 Å². The minimum atomic E-state index is 0.581. The Morgan fingerprint density at radius 1 is 0.475 bits per heavy atom. The van der Waals surface area contributed by atoms with Gasteiger partial charge in [0.25, 0.3) is 0 Å². The molecule has 1 aliphatic carbocycles. The van der Waals surface area contributed by atoms with E-state index in [2.05, 4.69) is 109 Å². The van der Waals surface area contributed by atoms with Gasteiger partial charge in [0.05, 0.1) is 5.56 Å². The second-order valence-corrected chi connectivity index (χ2v) is 15.9. The van der Waals surface area contributed by atoms with Crippen LogP contribution in [0.25, 0.3) is 116 Å². The second kappa shape index (κ2) is 13.6. The van der Waals surface area contributed by atoms with E-state index in [0.717, 1.165) is 85.2 Å². The first-order chi connectivity index (χ1) is 29.2. The summed E-state index contributed by atoms with van der Waals surface area (Å²) in [5, 5.41) is 3.48. The summed E-state index contributed by atoms with van der Waals surface area (Å²) in [5.74, 6) is 3.33. The van der Waals surface area contributed by atoms with Crippen molar-refractivity contribution in [3.63, 3.8) is 0 Å². The molecule has 0 aliphatic heterocycles. The molecule has 4 aromatic heterocycles. The number of para-hydroxylation sites is 1. The lowest BCUT2D eigenvalue weighted by molar-refractivity contribution is 0.596. The lowest BCUT2D eigenvalue weighted by Gasteiger charge is -2.10. The molecule has 0 N–H and O–H groups in total. The fourth-order valence-electron chi connectivity index (χ4n) is 8.36. The molecule has 0 radical (unpaired) electrons. The van der Waals surface area contributed by atoms with Crippen LogP contribution in [0.2, 0.25) is 0 Å². The molecule has 0 atom stereocenters. The lowest BCUT2D eigenvalue weighted by Crippen LogP contribution is -2.00. The summed E-state index contributed by atoms with van der Waals surface area (Å²) in [7, 11) is 0. The molecule has 12 rings (SSSR count). The highest BCUT2D eigenvalue weighted by Gasteiger charge is 2.21. The second-order valence-electron chi connectivity index (χ2n) is 14.9. The number of aromatic nitrogens is 4. The van der Waals surface area contributed by atoms with Gasteiger partial charge in [-0.25, -0.2) is 19.9 Å². The van der Waals surface area contributed by atoms with Gasteiger partial charge in [-0.3, -0.25) is 0 Å². The molecule has 7 aromatic carbocycles. The zero-order valence-electron chi connectivity index (χ0n) is 31.6. The van der Waals surface area contributed by atoms with Crippen LogP contribution in [-0.4, -0.2) is 19.9 Å². The molecule has 0 bridgehead atoms. The van der Waals surface area contributed by atoms with Crippen molar-refractivity contribution in [2.75, 3.05) is 0 Å². The van der Waals surface area contributed by atoms with Gasteiger partial charge in [-0.2, -0.15) is 0 Å². The number of oxazole rings is 1. The Morgan fingerprint density at radius 2 is 1.19 bits per heavy atom. The van der Waals surface area contributed by atoms with E-state index >= 15 is 0 Å². The van der Waals surface area contributed by atoms with Crippen molar-refractivity contribution in [3.8, 4) is 67.9 Å². The standard InChI is InChI=1S/C52H32N4O2S/c1-3-12-31(13-4-1)33-24-26-43-45(30-33)58-52(53-43)36-25-27-46-42(29-36)40-21-10-19-37(48(40)59-46)34-16-9-17-35(28-34)50-54-49(32-14-5-2-6-15-32)55-51(56-50)41-22-11-20-39-38-18-7-8-23-44(38)57-47(39)41/h1-6,8-17,19-30H,7,18H2. The summed E-state index contributed by atoms with van der Waals surface area (Å²) in [6, 6.07) is 54.5. The van der Waals surface area contributed by atoms with E-state index in [1.54, 1.807) is 11.3 Å². The Morgan fingerprint density at radius 3 is 2.05 bits per heavy atom. The van der Waals surface area contributed by atoms with Gasteiger partial charge in [0.1, 0.15) is 16.9 Å². The molecule has 7 heteroatoms. The highest BCUT2D eigenvalue weighted by Crippen LogP contribution is 2.43. The molecule has 0 fully saturated rings. The number of hydrogen-bond acceptors (Lipinski definition) is 7. The summed E-state index contributed by atoms with van der Waals surface area (Å²) in [6.07, 6.45) is 6.21. The lowest BCUT2D eigenvalue weighted by atomic mass is 9.99. The summed E-state index contributed by atoms with van der Waals surface area (Å²) in [4.78, 5) is 20.2. The maximum Gasteiger partial charge on any atom is 0.227 e. The SMILES string of the molecule is C1=Cc2oc3c(-c4nc(-c5ccccc5)nc(-c5cccc(-c6cccc7c6sc6ccc(-c8nc9ccc(-c%10ccccc%10)cc9o8)cc67)c5)n4)cccc3c2CC1. The number of rotatable bonds is 6. The number of furan rings is 1. The first kappa shape index (κ1) is 33.6. The van der Waals surface area contributed by atoms with Crippen molar-refractivity contribution in [2.24, 2.45) is 0 Å². The molecular formula is C52H32N4O2S. The van der Waals surface area contributed by atoms with E-state index in [1.807, 2.05) is 60.7 Å². The van der Waals surface area contributed by atoms with Crippen molar-refractivity contribution in [3.05, 3.63) is 175 Å². The molecule has 59 heavy (non-hydrogen) atoms. The summed E-state index contributed by atoms with van der Waals surface area (Å²) >= 11 is 1.80. The van der Waals surface area contributed by atoms with Crippen molar-refractivity contribution in [1.82, 2.24) is 19.9 Å². The molecule has 0 saturated carbocycles. The topological polar surface area (TPSA) is 77.8 Å². The van der Waals surface area contributed by atoms with Crippen LogP contribution in [0, 0.1) is 0 Å². The number of allylic oxidation sites excluding steroid dienone is 1. The first-order valence-electron chi connectivity index (χ1n) is 19.8. The van der Waals surface area contributed by atoms with Crippen LogP contribution in [0.5, 0.6) is 0 Å². The Hall–Kier alpha value is -7.48. The molecule has 6 nitrogen and oxygen atoms in total. The van der Waals surface area contributed by atoms with Gasteiger partial charge in [0.15, 0.2) is 23.1 Å². The average molecular weight is 777 g/mol. The van der Waals surface area contributed by atoms with E-state index in [1.165, 1.54) is 25.7 Å². The van der Waals surface area contributed by atoms with Gasteiger partial charge in [0, 0.05) is 47.8 Å². The maximum absolute atomic E-state index is 6.48. The van der Waals surface area contributed by atoms with Gasteiger partial charge in [-0.15, -0.1) is 11.3 Å². The van der Waals surface area contributed by atoms with Crippen LogP contribution in [0.3, 0.4) is 0 Å². The van der Waals surface area contributed by atoms with E-state index in [-0.39, 0.29) is 0 Å². The van der Waals surface area contributed by atoms with E-state index in [9.17, 15) is 0 Å². The third-order valence-electron chi connectivity index (χ3n) is 11.3. The van der Waals surface area contributed by atoms with Gasteiger partial charge in [-0.05, 0) is 83.6 Å². The smallest absolute Gasteiger partial charge is 0.227 e. The van der Waals surface area contributed by atoms with E-state index in [4.69, 9.17) is 28.8 Å². The Labute approximate surface area is 342 Å². The molecular weight excluding hydrogens is 745 g/mol. The predicted molar refractivity (Wildman–Crippen MR) is 240 cm³/mol. The summed E-state index contributed by atoms with van der Waals surface area (Å²) < 4.78 is 15.3. The van der Waals surface area contributed by atoms with Crippen LogP contribution in [-0.2, 0) is 6.42 Å². The molecule has 4 heterocycles. The molecule has 11 aromatic rings. The van der Waals surface area contributed by atoms with Crippen molar-refractivity contribution in [2.45, 2.75) is 12.8 Å². The Kier molecular flexibility index (Phi) is 7.74. The van der Waals surface area contributed by atoms with Gasteiger partial charge in [-0.1, -0.05) is 121 Å². The fourth-order valence-corrected chi connectivity index (χ4v) is 9.58. The third kappa shape index (κ3) is 5.77. The van der Waals surface area contributed by atoms with Gasteiger partial charge in [0.2, 0.25) is 5.89 Å². The normalized spacial score (nSPS) is 12.5. The zero-order chi connectivity index (χ0) is 38.9. The number of thiophene rings is 1. The Balaban J connectivity index is 0.946. The third-order valence-corrected chi connectivity index (χ3v) is 12.5. The number of nitrogens with zero attached hydrogens (tertiary/aromatic N) is 4. The van der Waals surface area contributed by atoms with Crippen LogP contribution in [0.4, 0.5) is 0 Å². The zero-order valence-corrected chi connectivity index (χ0v) is 32.4. The van der Waals surface area contributed by atoms with Crippen molar-refractivity contribution < 1.29 is 8.83 Å². The average Bonchev–Trinajstić information content (AvgIpc) is 4.02. The van der Waals surface area contributed by atoms with Crippen LogP contribution in [0.15, 0.2) is 173 Å². The number of hydrogen-bond donors (Lipinski definition) is 0. The number of aryl methyl sites for hydroxylation is 1. The first-order valence-corrected chi connectivity index (χ1v) is 20.6. The van der Waals surface area contributed by atoms with Crippen molar-refractivity contribution in [1.29, 1.82) is 0 Å². The minimum Gasteiger partial charge on any atom is -0.456 e. The molecule has 0 spiro atoms. The summed E-state index contributed by atoms with van der Waals surface area (Å²) in [5.41, 5.74) is 11.8. The van der Waals surface area contributed by atoms with Crippen LogP contribution >= 0.6 is 11.3 Å². The van der Waals surface area contributed by atoms with E-state index in [0.29, 0.717) is 23.4 Å². The predicted octanol–water partition coefficient (Wildman–Crippen LogP) is 14.1. The number of benzene rings is 7. The molecule has 0 amide bonds. The maximum atomic E-state index is 6.48. The van der Waals surface area contributed by atoms with Crippen LogP contribution < -0.4 is 0 Å². The molecule has 1 aliphatic rings. The fraction of sp³-hybridized carbons (Fsp3) is 0.0385. The van der Waals surface area contributed by atoms with E-state index < -0.39 is 0 Å². The molecule has 278 valence electrons. The highest BCUT2D eigenvalue weighted by molar-refractivity contribution is 7.26. The highest BCUT2D eigenvalue weighted by atomic mass is 32.1. The quantitative estimate of drug-likeness (QED) is 0.167. The minimum absolute atomic E-state index is 0.581. The van der Waals surface area contributed by atoms with Crippen molar-refractivity contribution >= 4 is 59.7 Å². The summed E-state index contributed by atoms with van der Waals surface area (Å²) in [6.45, 7) is 0. The number of fused-ring (bicyclic) bond motifs is 7. The Bertz CT molecular complexity index is 3450.